The second-order valence-corrected chi connectivity index (χ2v) is 6.73. The Labute approximate surface area is 137 Å². The number of nitrogens with zero attached hydrogens (tertiary/aromatic N) is 2. The Morgan fingerprint density at radius 1 is 1.22 bits per heavy atom. The molecule has 0 unspecified atom stereocenters. The predicted octanol–water partition coefficient (Wildman–Crippen LogP) is 3.09. The van der Waals surface area contributed by atoms with Crippen LogP contribution in [0.25, 0.3) is 5.57 Å². The van der Waals surface area contributed by atoms with E-state index in [-0.39, 0.29) is 11.8 Å². The first-order valence-corrected chi connectivity index (χ1v) is 8.42. The molecule has 1 aromatic rings. The van der Waals surface area contributed by atoms with E-state index in [9.17, 15) is 9.59 Å². The zero-order chi connectivity index (χ0) is 16.4. The lowest BCUT2D eigenvalue weighted by molar-refractivity contribution is -0.123. The summed E-state index contributed by atoms with van der Waals surface area (Å²) in [4.78, 5) is 28.3. The molecular weight excluding hydrogens is 288 g/mol. The van der Waals surface area contributed by atoms with Crippen LogP contribution in [0.4, 0.5) is 5.69 Å². The fraction of sp³-hybridized carbons (Fsp3) is 0.474. The van der Waals surface area contributed by atoms with Gasteiger partial charge in [0.2, 0.25) is 5.91 Å². The molecule has 1 fully saturated rings. The summed E-state index contributed by atoms with van der Waals surface area (Å²) in [5, 5.41) is 0. The second kappa shape index (κ2) is 6.57. The van der Waals surface area contributed by atoms with Gasteiger partial charge in [-0.15, -0.1) is 0 Å². The van der Waals surface area contributed by atoms with E-state index >= 15 is 0 Å². The van der Waals surface area contributed by atoms with Gasteiger partial charge in [-0.05, 0) is 24.8 Å². The number of para-hydroxylation sites is 1. The summed E-state index contributed by atoms with van der Waals surface area (Å²) < 4.78 is 0. The first-order valence-electron chi connectivity index (χ1n) is 8.42. The van der Waals surface area contributed by atoms with Gasteiger partial charge in [0.15, 0.2) is 0 Å². The smallest absolute Gasteiger partial charge is 0.259 e. The van der Waals surface area contributed by atoms with Crippen molar-refractivity contribution in [2.45, 2.75) is 32.1 Å². The lowest BCUT2D eigenvalue weighted by atomic mass is 9.89. The lowest BCUT2D eigenvalue weighted by Crippen LogP contribution is -2.33. The summed E-state index contributed by atoms with van der Waals surface area (Å²) in [5.41, 5.74) is 2.35. The SMILES string of the molecule is CN(C)C(=O)/C=C1/C(=O)N(CC2CCCCC2)c2ccccc21. The molecule has 1 heterocycles. The third-order valence-electron chi connectivity index (χ3n) is 4.83. The van der Waals surface area contributed by atoms with E-state index in [1.165, 1.54) is 43.1 Å². The first kappa shape index (κ1) is 15.8. The number of anilines is 1. The molecule has 0 atom stereocenters. The third kappa shape index (κ3) is 3.16. The molecule has 1 aromatic carbocycles. The van der Waals surface area contributed by atoms with E-state index in [2.05, 4.69) is 0 Å². The van der Waals surface area contributed by atoms with Crippen molar-refractivity contribution in [3.8, 4) is 0 Å². The summed E-state index contributed by atoms with van der Waals surface area (Å²) in [7, 11) is 3.40. The minimum atomic E-state index is -0.150. The minimum Gasteiger partial charge on any atom is -0.345 e. The van der Waals surface area contributed by atoms with Crippen LogP contribution in [0, 0.1) is 5.92 Å². The Bertz CT molecular complexity index is 643. The molecule has 1 saturated carbocycles. The van der Waals surface area contributed by atoms with Gasteiger partial charge in [-0.3, -0.25) is 9.59 Å². The van der Waals surface area contributed by atoms with Crippen LogP contribution in [0.15, 0.2) is 30.3 Å². The molecule has 1 aliphatic heterocycles. The van der Waals surface area contributed by atoms with Gasteiger partial charge >= 0.3 is 0 Å². The van der Waals surface area contributed by atoms with Crippen molar-refractivity contribution in [2.24, 2.45) is 5.92 Å². The number of rotatable bonds is 3. The van der Waals surface area contributed by atoms with Crippen LogP contribution in [0.5, 0.6) is 0 Å². The molecule has 23 heavy (non-hydrogen) atoms. The van der Waals surface area contributed by atoms with Crippen LogP contribution in [0.3, 0.4) is 0 Å². The Hall–Kier alpha value is -2.10. The van der Waals surface area contributed by atoms with E-state index in [0.29, 0.717) is 11.5 Å². The van der Waals surface area contributed by atoms with Crippen LogP contribution in [-0.4, -0.2) is 37.4 Å². The van der Waals surface area contributed by atoms with Gasteiger partial charge in [0.1, 0.15) is 0 Å². The molecule has 0 N–H and O–H groups in total. The molecule has 3 rings (SSSR count). The summed E-state index contributed by atoms with van der Waals surface area (Å²) >= 11 is 0. The van der Waals surface area contributed by atoms with Gasteiger partial charge < -0.3 is 9.80 Å². The van der Waals surface area contributed by atoms with Crippen molar-refractivity contribution in [3.05, 3.63) is 35.9 Å². The summed E-state index contributed by atoms with van der Waals surface area (Å²) in [6.07, 6.45) is 7.70. The van der Waals surface area contributed by atoms with Gasteiger partial charge in [-0.1, -0.05) is 37.5 Å². The van der Waals surface area contributed by atoms with Gasteiger partial charge in [-0.25, -0.2) is 0 Å². The summed E-state index contributed by atoms with van der Waals surface area (Å²) in [6.45, 7) is 0.767. The Morgan fingerprint density at radius 3 is 2.61 bits per heavy atom. The number of amides is 2. The van der Waals surface area contributed by atoms with Gasteiger partial charge in [0, 0.05) is 32.3 Å². The highest BCUT2D eigenvalue weighted by atomic mass is 16.2. The molecular formula is C19H24N2O2. The van der Waals surface area contributed by atoms with E-state index in [0.717, 1.165) is 17.8 Å². The number of hydrogen-bond acceptors (Lipinski definition) is 2. The quantitative estimate of drug-likeness (QED) is 0.805. The van der Waals surface area contributed by atoms with E-state index in [1.807, 2.05) is 29.2 Å². The van der Waals surface area contributed by atoms with Crippen LogP contribution in [0.1, 0.15) is 37.7 Å². The fourth-order valence-electron chi connectivity index (χ4n) is 3.51. The minimum absolute atomic E-state index is 0.0352. The summed E-state index contributed by atoms with van der Waals surface area (Å²) in [5.74, 6) is 0.388. The van der Waals surface area contributed by atoms with Crippen LogP contribution >= 0.6 is 0 Å². The molecule has 0 saturated heterocycles. The largest absolute Gasteiger partial charge is 0.345 e. The lowest BCUT2D eigenvalue weighted by Gasteiger charge is -2.27. The highest BCUT2D eigenvalue weighted by Gasteiger charge is 2.34. The topological polar surface area (TPSA) is 40.6 Å². The molecule has 2 aliphatic rings. The molecule has 122 valence electrons. The first-order chi connectivity index (χ1) is 11.1. The molecule has 0 spiro atoms. The monoisotopic (exact) mass is 312 g/mol. The maximum atomic E-state index is 12.9. The number of likely N-dealkylation sites (N-methyl/N-ethyl adjacent to an activating group) is 1. The second-order valence-electron chi connectivity index (χ2n) is 6.73. The van der Waals surface area contributed by atoms with Crippen LogP contribution in [0.2, 0.25) is 0 Å². The summed E-state index contributed by atoms with van der Waals surface area (Å²) in [6, 6.07) is 7.79. The Balaban J connectivity index is 1.90. The van der Waals surface area contributed by atoms with Crippen LogP contribution in [-0.2, 0) is 9.59 Å². The number of fused-ring (bicyclic) bond motifs is 1. The van der Waals surface area contributed by atoms with E-state index < -0.39 is 0 Å². The maximum absolute atomic E-state index is 12.9. The predicted molar refractivity (Wildman–Crippen MR) is 92.0 cm³/mol. The molecule has 0 radical (unpaired) electrons. The van der Waals surface area contributed by atoms with E-state index in [4.69, 9.17) is 0 Å². The highest BCUT2D eigenvalue weighted by Crippen LogP contribution is 2.38. The third-order valence-corrected chi connectivity index (χ3v) is 4.83. The number of benzene rings is 1. The number of carbonyl (C=O) groups excluding carboxylic acids is 2. The van der Waals surface area contributed by atoms with Gasteiger partial charge in [0.05, 0.1) is 11.3 Å². The zero-order valence-corrected chi connectivity index (χ0v) is 13.9. The van der Waals surface area contributed by atoms with Crippen molar-refractivity contribution in [1.82, 2.24) is 4.90 Å². The van der Waals surface area contributed by atoms with Crippen molar-refractivity contribution in [1.29, 1.82) is 0 Å². The number of hydrogen-bond donors (Lipinski definition) is 0. The van der Waals surface area contributed by atoms with Crippen molar-refractivity contribution < 1.29 is 9.59 Å². The van der Waals surface area contributed by atoms with Gasteiger partial charge in [0.25, 0.3) is 5.91 Å². The number of carbonyl (C=O) groups is 2. The zero-order valence-electron chi connectivity index (χ0n) is 13.9. The highest BCUT2D eigenvalue weighted by molar-refractivity contribution is 6.34. The molecule has 4 nitrogen and oxygen atoms in total. The van der Waals surface area contributed by atoms with E-state index in [1.54, 1.807) is 14.1 Å². The average Bonchev–Trinajstić information content (AvgIpc) is 2.82. The normalized spacial score (nSPS) is 20.0. The molecule has 0 bridgehead atoms. The standard InChI is InChI=1S/C19H24N2O2/c1-20(2)18(22)12-16-15-10-6-7-11-17(15)21(19(16)23)13-14-8-4-3-5-9-14/h6-7,10-12,14H,3-5,8-9,13H2,1-2H3/b16-12+. The molecule has 1 aliphatic carbocycles. The average molecular weight is 312 g/mol. The maximum Gasteiger partial charge on any atom is 0.259 e. The molecule has 2 amide bonds. The van der Waals surface area contributed by atoms with Gasteiger partial charge in [-0.2, -0.15) is 0 Å². The van der Waals surface area contributed by atoms with Crippen LogP contribution < -0.4 is 4.90 Å². The van der Waals surface area contributed by atoms with Crippen molar-refractivity contribution in [2.75, 3.05) is 25.5 Å². The van der Waals surface area contributed by atoms with Crippen molar-refractivity contribution >= 4 is 23.1 Å². The molecule has 4 heteroatoms. The molecule has 0 aromatic heterocycles. The van der Waals surface area contributed by atoms with Crippen molar-refractivity contribution in [3.63, 3.8) is 0 Å². The Kier molecular flexibility index (Phi) is 4.51. The Morgan fingerprint density at radius 2 is 1.91 bits per heavy atom. The fourth-order valence-corrected chi connectivity index (χ4v) is 3.51.